The summed E-state index contributed by atoms with van der Waals surface area (Å²) in [7, 11) is 0. The molecule has 1 aromatic rings. The van der Waals surface area contributed by atoms with Crippen molar-refractivity contribution in [3.8, 4) is 0 Å². The molecule has 0 radical (unpaired) electrons. The minimum Gasteiger partial charge on any atom is -0.369 e. The fourth-order valence-corrected chi connectivity index (χ4v) is 5.08. The van der Waals surface area contributed by atoms with Gasteiger partial charge in [0.15, 0.2) is 0 Å². The van der Waals surface area contributed by atoms with Crippen molar-refractivity contribution in [3.05, 3.63) is 26.6 Å². The van der Waals surface area contributed by atoms with Crippen molar-refractivity contribution in [1.29, 1.82) is 0 Å². The first-order valence-corrected chi connectivity index (χ1v) is 9.53. The summed E-state index contributed by atoms with van der Waals surface area (Å²) in [5.41, 5.74) is 14.1. The van der Waals surface area contributed by atoms with E-state index < -0.39 is 5.66 Å². The maximum absolute atomic E-state index is 6.32. The van der Waals surface area contributed by atoms with Crippen LogP contribution < -0.4 is 16.4 Å². The van der Waals surface area contributed by atoms with Crippen LogP contribution in [0.15, 0.2) is 31.1 Å². The van der Waals surface area contributed by atoms with Crippen LogP contribution in [-0.2, 0) is 6.42 Å². The van der Waals surface area contributed by atoms with Gasteiger partial charge in [0.25, 0.3) is 0 Å². The first-order valence-electron chi connectivity index (χ1n) is 7.94. The predicted octanol–water partition coefficient (Wildman–Crippen LogP) is 3.88. The van der Waals surface area contributed by atoms with Gasteiger partial charge in [0.05, 0.1) is 5.69 Å². The van der Waals surface area contributed by atoms with Gasteiger partial charge < -0.3 is 11.5 Å². The lowest BCUT2D eigenvalue weighted by Crippen LogP contribution is -2.58. The molecule has 1 spiro atoms. The third kappa shape index (κ3) is 3.01. The van der Waals surface area contributed by atoms with Crippen molar-refractivity contribution < 1.29 is 0 Å². The second kappa shape index (κ2) is 6.43. The van der Waals surface area contributed by atoms with E-state index in [0.717, 1.165) is 46.7 Å². The third-order valence-electron chi connectivity index (χ3n) is 4.56. The van der Waals surface area contributed by atoms with Gasteiger partial charge in [-0.05, 0) is 65.7 Å². The minimum atomic E-state index is -0.408. The van der Waals surface area contributed by atoms with Gasteiger partial charge in [-0.25, -0.2) is 4.99 Å². The molecular weight excluding hydrogens is 422 g/mol. The van der Waals surface area contributed by atoms with Crippen LogP contribution in [0.25, 0.3) is 0 Å². The monoisotopic (exact) mass is 441 g/mol. The summed E-state index contributed by atoms with van der Waals surface area (Å²) < 4.78 is 2.03. The Balaban J connectivity index is 2.18. The van der Waals surface area contributed by atoms with Crippen molar-refractivity contribution in [3.63, 3.8) is 0 Å². The SMILES string of the molecule is CCc1cc(Br)cc(Br)c1N1C(N)=NC(N)=NC12CCCCC2. The highest BCUT2D eigenvalue weighted by Crippen LogP contribution is 2.44. The molecule has 124 valence electrons. The third-order valence-corrected chi connectivity index (χ3v) is 5.63. The van der Waals surface area contributed by atoms with Crippen LogP contribution in [0.2, 0.25) is 0 Å². The molecule has 0 saturated heterocycles. The van der Waals surface area contributed by atoms with E-state index >= 15 is 0 Å². The van der Waals surface area contributed by atoms with Gasteiger partial charge in [0.2, 0.25) is 11.9 Å². The van der Waals surface area contributed by atoms with Crippen molar-refractivity contribution in [1.82, 2.24) is 0 Å². The van der Waals surface area contributed by atoms with Crippen molar-refractivity contribution in [2.24, 2.45) is 21.5 Å². The Morgan fingerprint density at radius 3 is 2.52 bits per heavy atom. The Morgan fingerprint density at radius 1 is 1.17 bits per heavy atom. The summed E-state index contributed by atoms with van der Waals surface area (Å²) in [6.45, 7) is 2.14. The summed E-state index contributed by atoms with van der Waals surface area (Å²) in [6, 6.07) is 4.17. The van der Waals surface area contributed by atoms with Gasteiger partial charge in [-0.1, -0.05) is 29.3 Å². The first-order chi connectivity index (χ1) is 11.0. The lowest BCUT2D eigenvalue weighted by atomic mass is 9.87. The Kier molecular flexibility index (Phi) is 4.69. The van der Waals surface area contributed by atoms with E-state index in [1.165, 1.54) is 12.0 Å². The number of nitrogens with zero attached hydrogens (tertiary/aromatic N) is 3. The van der Waals surface area contributed by atoms with Gasteiger partial charge in [0, 0.05) is 8.95 Å². The van der Waals surface area contributed by atoms with Crippen LogP contribution in [0.1, 0.15) is 44.6 Å². The van der Waals surface area contributed by atoms with E-state index in [2.05, 4.69) is 54.7 Å². The van der Waals surface area contributed by atoms with Gasteiger partial charge >= 0.3 is 0 Å². The van der Waals surface area contributed by atoms with Crippen LogP contribution in [-0.4, -0.2) is 17.6 Å². The molecule has 5 nitrogen and oxygen atoms in total. The molecule has 7 heteroatoms. The number of hydrogen-bond acceptors (Lipinski definition) is 5. The first kappa shape index (κ1) is 16.8. The van der Waals surface area contributed by atoms with Gasteiger partial charge in [-0.15, -0.1) is 0 Å². The molecular formula is C16H21Br2N5. The lowest BCUT2D eigenvalue weighted by molar-refractivity contribution is 0.305. The molecule has 2 aliphatic rings. The summed E-state index contributed by atoms with van der Waals surface area (Å²) >= 11 is 7.27. The van der Waals surface area contributed by atoms with Crippen molar-refractivity contribution in [2.45, 2.75) is 51.1 Å². The average Bonchev–Trinajstić information content (AvgIpc) is 2.49. The van der Waals surface area contributed by atoms with E-state index in [0.29, 0.717) is 5.96 Å². The van der Waals surface area contributed by atoms with Crippen LogP contribution in [0.4, 0.5) is 5.69 Å². The molecule has 0 amide bonds. The quantitative estimate of drug-likeness (QED) is 0.728. The molecule has 1 saturated carbocycles. The zero-order valence-electron chi connectivity index (χ0n) is 13.1. The Labute approximate surface area is 153 Å². The Bertz CT molecular complexity index is 677. The number of guanidine groups is 2. The van der Waals surface area contributed by atoms with E-state index in [1.54, 1.807) is 0 Å². The maximum Gasteiger partial charge on any atom is 0.220 e. The second-order valence-corrected chi connectivity index (χ2v) is 7.84. The average molecular weight is 443 g/mol. The topological polar surface area (TPSA) is 80.0 Å². The summed E-state index contributed by atoms with van der Waals surface area (Å²) in [5, 5.41) is 0. The molecule has 1 fully saturated rings. The van der Waals surface area contributed by atoms with E-state index in [4.69, 9.17) is 16.5 Å². The number of rotatable bonds is 2. The van der Waals surface area contributed by atoms with Gasteiger partial charge in [0.1, 0.15) is 5.66 Å². The molecule has 3 rings (SSSR count). The van der Waals surface area contributed by atoms with Crippen LogP contribution in [0, 0.1) is 0 Å². The van der Waals surface area contributed by atoms with Crippen molar-refractivity contribution >= 4 is 49.5 Å². The highest BCUT2D eigenvalue weighted by Gasteiger charge is 2.43. The zero-order chi connectivity index (χ0) is 16.6. The summed E-state index contributed by atoms with van der Waals surface area (Å²) in [6.07, 6.45) is 6.24. The zero-order valence-corrected chi connectivity index (χ0v) is 16.3. The van der Waals surface area contributed by atoms with E-state index in [-0.39, 0.29) is 5.96 Å². The minimum absolute atomic E-state index is 0.284. The second-order valence-electron chi connectivity index (χ2n) is 6.07. The molecule has 4 N–H and O–H groups in total. The molecule has 1 heterocycles. The predicted molar refractivity (Wildman–Crippen MR) is 103 cm³/mol. The highest BCUT2D eigenvalue weighted by atomic mass is 79.9. The van der Waals surface area contributed by atoms with Gasteiger partial charge in [-0.2, -0.15) is 4.99 Å². The molecule has 1 aromatic carbocycles. The molecule has 0 atom stereocenters. The fraction of sp³-hybridized carbons (Fsp3) is 0.500. The summed E-state index contributed by atoms with van der Waals surface area (Å²) in [5.74, 6) is 0.712. The summed E-state index contributed by atoms with van der Waals surface area (Å²) in [4.78, 5) is 11.1. The lowest BCUT2D eigenvalue weighted by Gasteiger charge is -2.46. The Hall–Kier alpha value is -1.08. The number of aryl methyl sites for hydroxylation is 1. The van der Waals surface area contributed by atoms with Crippen LogP contribution in [0.3, 0.4) is 0 Å². The van der Waals surface area contributed by atoms with Crippen LogP contribution in [0.5, 0.6) is 0 Å². The van der Waals surface area contributed by atoms with Crippen LogP contribution >= 0.6 is 31.9 Å². The normalized spacial score (nSPS) is 20.4. The molecule has 0 bridgehead atoms. The fourth-order valence-electron chi connectivity index (χ4n) is 3.58. The van der Waals surface area contributed by atoms with E-state index in [1.807, 2.05) is 6.07 Å². The molecule has 1 aliphatic heterocycles. The molecule has 1 aliphatic carbocycles. The number of aliphatic imine (C=N–C) groups is 2. The smallest absolute Gasteiger partial charge is 0.220 e. The molecule has 0 unspecified atom stereocenters. The standard InChI is InChI=1S/C16H21Br2N5/c1-2-10-8-11(17)9-12(18)13(10)23-15(20)21-14(19)22-16(23)6-4-3-5-7-16/h8-9H,2-7H2,1H3,(H4,19,20,21,22). The molecule has 0 aromatic heterocycles. The number of anilines is 1. The highest BCUT2D eigenvalue weighted by molar-refractivity contribution is 9.11. The Morgan fingerprint density at radius 2 is 1.87 bits per heavy atom. The van der Waals surface area contributed by atoms with Gasteiger partial charge in [-0.3, -0.25) is 4.90 Å². The number of benzene rings is 1. The molecule has 23 heavy (non-hydrogen) atoms. The van der Waals surface area contributed by atoms with E-state index in [9.17, 15) is 0 Å². The van der Waals surface area contributed by atoms with Crippen molar-refractivity contribution in [2.75, 3.05) is 4.90 Å². The number of hydrogen-bond donors (Lipinski definition) is 2. The number of nitrogens with two attached hydrogens (primary N) is 2. The number of halogens is 2. The largest absolute Gasteiger partial charge is 0.369 e. The maximum atomic E-state index is 6.32.